The third-order valence-corrected chi connectivity index (χ3v) is 1.91. The van der Waals surface area contributed by atoms with Gasteiger partial charge in [-0.1, -0.05) is 7.43 Å². The van der Waals surface area contributed by atoms with Crippen molar-refractivity contribution < 1.29 is 14.3 Å². The molecule has 0 aliphatic carbocycles. The van der Waals surface area contributed by atoms with Crippen LogP contribution in [0.3, 0.4) is 0 Å². The molecule has 6 nitrogen and oxygen atoms in total. The Hall–Kier alpha value is -1.14. The smallest absolute Gasteiger partial charge is 0.293 e. The number of likely N-dealkylation sites (N-methyl/N-ethyl adjacent to an activating group) is 2. The highest BCUT2D eigenvalue weighted by Crippen LogP contribution is 1.77. The Kier molecular flexibility index (Phi) is 21.5. The first-order chi connectivity index (χ1) is 7.62. The van der Waals surface area contributed by atoms with E-state index in [-0.39, 0.29) is 13.5 Å². The van der Waals surface area contributed by atoms with Crippen LogP contribution in [0.4, 0.5) is 0 Å². The van der Waals surface area contributed by atoms with Gasteiger partial charge in [-0.3, -0.25) is 9.59 Å². The summed E-state index contributed by atoms with van der Waals surface area (Å²) in [5, 5.41) is 8.45. The van der Waals surface area contributed by atoms with Crippen LogP contribution < -0.4 is 16.0 Å². The van der Waals surface area contributed by atoms with Gasteiger partial charge in [-0.2, -0.15) is 0 Å². The molecule has 0 heterocycles. The molecule has 0 bridgehead atoms. The SMILES string of the molecule is C.CNC(C)CNC=O.CNC(C)COC=O. The highest BCUT2D eigenvalue weighted by Gasteiger charge is 1.94. The number of carbonyl (C=O) groups excluding carboxylic acids is 2. The number of hydrogen-bond donors (Lipinski definition) is 3. The molecule has 0 aromatic rings. The van der Waals surface area contributed by atoms with Gasteiger partial charge in [0.05, 0.1) is 0 Å². The van der Waals surface area contributed by atoms with E-state index in [4.69, 9.17) is 0 Å². The zero-order chi connectivity index (χ0) is 12.8. The zero-order valence-corrected chi connectivity index (χ0v) is 10.4. The third kappa shape index (κ3) is 20.8. The molecule has 0 saturated heterocycles. The minimum atomic E-state index is 0. The summed E-state index contributed by atoms with van der Waals surface area (Å²) in [4.78, 5) is 19.3. The summed E-state index contributed by atoms with van der Waals surface area (Å²) < 4.78 is 4.44. The van der Waals surface area contributed by atoms with E-state index in [2.05, 4.69) is 20.7 Å². The van der Waals surface area contributed by atoms with Crippen LogP contribution in [0.2, 0.25) is 0 Å². The maximum atomic E-state index is 9.69. The standard InChI is InChI=1S/C5H12N2O.C5H11NO2.CH4/c1-5(6-2)3-7-4-8;1-5(6-2)3-8-4-7;/h4-6H,3H2,1-2H3,(H,7,8);4-6H,3H2,1-2H3;1H4. The summed E-state index contributed by atoms with van der Waals surface area (Å²) in [6, 6.07) is 0.611. The molecular weight excluding hydrogens is 222 g/mol. The largest absolute Gasteiger partial charge is 0.466 e. The van der Waals surface area contributed by atoms with E-state index in [1.807, 2.05) is 27.9 Å². The third-order valence-electron chi connectivity index (χ3n) is 1.91. The summed E-state index contributed by atoms with van der Waals surface area (Å²) in [6.45, 7) is 5.52. The Labute approximate surface area is 104 Å². The van der Waals surface area contributed by atoms with Crippen LogP contribution in [0, 0.1) is 0 Å². The molecule has 3 N–H and O–H groups in total. The van der Waals surface area contributed by atoms with Crippen molar-refractivity contribution in [2.75, 3.05) is 27.2 Å². The van der Waals surface area contributed by atoms with E-state index in [0.29, 0.717) is 32.1 Å². The molecule has 0 rings (SSSR count). The van der Waals surface area contributed by atoms with Gasteiger partial charge in [0, 0.05) is 18.6 Å². The fourth-order valence-corrected chi connectivity index (χ4v) is 0.594. The maximum Gasteiger partial charge on any atom is 0.293 e. The second kappa shape index (κ2) is 17.3. The number of amides is 1. The first-order valence-electron chi connectivity index (χ1n) is 5.19. The molecule has 0 aliphatic rings. The molecule has 2 atom stereocenters. The van der Waals surface area contributed by atoms with Crippen LogP contribution in [0.1, 0.15) is 21.3 Å². The van der Waals surface area contributed by atoms with Crippen LogP contribution in [0.5, 0.6) is 0 Å². The molecule has 0 aromatic heterocycles. The normalized spacial score (nSPS) is 12.0. The molecule has 0 saturated carbocycles. The molecule has 2 unspecified atom stereocenters. The van der Waals surface area contributed by atoms with E-state index < -0.39 is 0 Å². The Balaban J connectivity index is -0.000000218. The summed E-state index contributed by atoms with van der Waals surface area (Å²) in [7, 11) is 3.68. The fraction of sp³-hybridized carbons (Fsp3) is 0.818. The minimum Gasteiger partial charge on any atom is -0.466 e. The molecule has 0 aliphatic heterocycles. The van der Waals surface area contributed by atoms with Crippen molar-refractivity contribution in [3.63, 3.8) is 0 Å². The molecule has 6 heteroatoms. The number of nitrogens with one attached hydrogen (secondary N) is 3. The molecule has 0 aromatic carbocycles. The molecule has 0 fully saturated rings. The van der Waals surface area contributed by atoms with Crippen molar-refractivity contribution in [3.05, 3.63) is 0 Å². The Bertz CT molecular complexity index is 150. The van der Waals surface area contributed by atoms with E-state index in [1.165, 1.54) is 0 Å². The van der Waals surface area contributed by atoms with E-state index in [9.17, 15) is 9.59 Å². The monoisotopic (exact) mass is 249 g/mol. The summed E-state index contributed by atoms with van der Waals surface area (Å²) in [5.41, 5.74) is 0. The number of ether oxygens (including phenoxy) is 1. The fourth-order valence-electron chi connectivity index (χ4n) is 0.594. The van der Waals surface area contributed by atoms with Crippen molar-refractivity contribution in [1.29, 1.82) is 0 Å². The average Bonchev–Trinajstić information content (AvgIpc) is 2.33. The topological polar surface area (TPSA) is 79.5 Å². The highest BCUT2D eigenvalue weighted by atomic mass is 16.5. The average molecular weight is 249 g/mol. The molecule has 1 amide bonds. The minimum absolute atomic E-state index is 0. The quantitative estimate of drug-likeness (QED) is 0.517. The van der Waals surface area contributed by atoms with Gasteiger partial charge < -0.3 is 20.7 Å². The first kappa shape index (κ1) is 21.2. The lowest BCUT2D eigenvalue weighted by atomic mass is 10.3. The Morgan fingerprint density at radius 3 is 2.00 bits per heavy atom. The predicted molar refractivity (Wildman–Crippen MR) is 69.9 cm³/mol. The van der Waals surface area contributed by atoms with Gasteiger partial charge in [0.1, 0.15) is 6.61 Å². The van der Waals surface area contributed by atoms with Crippen LogP contribution >= 0.6 is 0 Å². The number of carbonyl (C=O) groups is 2. The second-order valence-corrected chi connectivity index (χ2v) is 3.34. The van der Waals surface area contributed by atoms with E-state index in [1.54, 1.807) is 0 Å². The van der Waals surface area contributed by atoms with Crippen molar-refractivity contribution in [3.8, 4) is 0 Å². The Morgan fingerprint density at radius 2 is 1.65 bits per heavy atom. The predicted octanol–water partition coefficient (Wildman–Crippen LogP) is -0.256. The van der Waals surface area contributed by atoms with Gasteiger partial charge in [-0.25, -0.2) is 0 Å². The summed E-state index contributed by atoms with van der Waals surface area (Å²) in [5.74, 6) is 0. The number of hydrogen-bond acceptors (Lipinski definition) is 5. The van der Waals surface area contributed by atoms with Crippen LogP contribution in [-0.2, 0) is 14.3 Å². The summed E-state index contributed by atoms with van der Waals surface area (Å²) >= 11 is 0. The lowest BCUT2D eigenvalue weighted by Gasteiger charge is -2.06. The molecule has 17 heavy (non-hydrogen) atoms. The second-order valence-electron chi connectivity index (χ2n) is 3.34. The number of rotatable bonds is 8. The van der Waals surface area contributed by atoms with Crippen LogP contribution in [0.15, 0.2) is 0 Å². The Morgan fingerprint density at radius 1 is 1.12 bits per heavy atom. The molecular formula is C11H27N3O3. The van der Waals surface area contributed by atoms with Crippen molar-refractivity contribution in [2.45, 2.75) is 33.4 Å². The van der Waals surface area contributed by atoms with E-state index >= 15 is 0 Å². The lowest BCUT2D eigenvalue weighted by molar-refractivity contribution is -0.129. The van der Waals surface area contributed by atoms with Crippen molar-refractivity contribution >= 4 is 12.9 Å². The highest BCUT2D eigenvalue weighted by molar-refractivity contribution is 5.45. The van der Waals surface area contributed by atoms with Gasteiger partial charge >= 0.3 is 0 Å². The first-order valence-corrected chi connectivity index (χ1v) is 5.19. The van der Waals surface area contributed by atoms with Gasteiger partial charge in [-0.05, 0) is 27.9 Å². The lowest BCUT2D eigenvalue weighted by Crippen LogP contribution is -2.33. The van der Waals surface area contributed by atoms with Gasteiger partial charge in [-0.15, -0.1) is 0 Å². The molecule has 104 valence electrons. The summed E-state index contributed by atoms with van der Waals surface area (Å²) in [6.07, 6.45) is 0.702. The van der Waals surface area contributed by atoms with Crippen LogP contribution in [0.25, 0.3) is 0 Å². The van der Waals surface area contributed by atoms with E-state index in [0.717, 1.165) is 0 Å². The van der Waals surface area contributed by atoms with Gasteiger partial charge in [0.2, 0.25) is 6.41 Å². The van der Waals surface area contributed by atoms with Crippen molar-refractivity contribution in [2.24, 2.45) is 0 Å². The van der Waals surface area contributed by atoms with Crippen LogP contribution in [-0.4, -0.2) is 52.2 Å². The molecule has 0 spiro atoms. The van der Waals surface area contributed by atoms with Crippen molar-refractivity contribution in [1.82, 2.24) is 16.0 Å². The maximum absolute atomic E-state index is 9.69. The zero-order valence-electron chi connectivity index (χ0n) is 10.4. The van der Waals surface area contributed by atoms with Gasteiger partial charge in [0.15, 0.2) is 0 Å². The molecule has 0 radical (unpaired) electrons. The van der Waals surface area contributed by atoms with Gasteiger partial charge in [0.25, 0.3) is 6.47 Å².